The average Bonchev–Trinajstić information content (AvgIpc) is 2.15. The molecule has 1 amide bonds. The van der Waals surface area contributed by atoms with E-state index >= 15 is 0 Å². The van der Waals surface area contributed by atoms with Gasteiger partial charge in [-0.2, -0.15) is 0 Å². The van der Waals surface area contributed by atoms with Crippen molar-refractivity contribution in [1.82, 2.24) is 4.90 Å². The van der Waals surface area contributed by atoms with Crippen molar-refractivity contribution < 1.29 is 9.90 Å². The van der Waals surface area contributed by atoms with Gasteiger partial charge < -0.3 is 15.7 Å². The van der Waals surface area contributed by atoms with Crippen LogP contribution in [0.4, 0.5) is 0 Å². The lowest BCUT2D eigenvalue weighted by atomic mass is 9.93. The van der Waals surface area contributed by atoms with E-state index in [4.69, 9.17) is 5.73 Å². The summed E-state index contributed by atoms with van der Waals surface area (Å²) in [7, 11) is 0. The van der Waals surface area contributed by atoms with Gasteiger partial charge in [0.1, 0.15) is 0 Å². The number of nitrogens with zero attached hydrogens (tertiary/aromatic N) is 1. The molecule has 1 fully saturated rings. The Morgan fingerprint density at radius 2 is 1.87 bits per heavy atom. The summed E-state index contributed by atoms with van der Waals surface area (Å²) in [6, 6.07) is -0.409. The molecule has 0 aliphatic carbocycles. The van der Waals surface area contributed by atoms with Gasteiger partial charge in [-0.3, -0.25) is 4.79 Å². The molecular formula is C11H22N2O2. The molecule has 1 aliphatic rings. The van der Waals surface area contributed by atoms with Gasteiger partial charge in [0.15, 0.2) is 0 Å². The molecule has 1 aliphatic heterocycles. The summed E-state index contributed by atoms with van der Waals surface area (Å²) in [5, 5.41) is 9.75. The molecule has 1 rings (SSSR count). The molecule has 0 bridgehead atoms. The van der Waals surface area contributed by atoms with Crippen LogP contribution in [0.3, 0.4) is 0 Å². The van der Waals surface area contributed by atoms with Crippen LogP contribution in [0.15, 0.2) is 0 Å². The number of carbonyl (C=O) groups is 1. The summed E-state index contributed by atoms with van der Waals surface area (Å²) < 4.78 is 0. The molecule has 0 saturated carbocycles. The van der Waals surface area contributed by atoms with Crippen LogP contribution in [0.25, 0.3) is 0 Å². The first kappa shape index (κ1) is 12.5. The van der Waals surface area contributed by atoms with Gasteiger partial charge in [-0.05, 0) is 25.7 Å². The maximum absolute atomic E-state index is 11.9. The number of hydrogen-bond acceptors (Lipinski definition) is 3. The average molecular weight is 214 g/mol. The molecule has 0 spiro atoms. The zero-order valence-electron chi connectivity index (χ0n) is 9.86. The molecule has 1 saturated heterocycles. The molecule has 88 valence electrons. The topological polar surface area (TPSA) is 66.6 Å². The molecule has 0 radical (unpaired) electrons. The smallest absolute Gasteiger partial charge is 0.239 e. The van der Waals surface area contributed by atoms with Crippen LogP contribution >= 0.6 is 0 Å². The van der Waals surface area contributed by atoms with Gasteiger partial charge in [0, 0.05) is 13.1 Å². The van der Waals surface area contributed by atoms with Gasteiger partial charge in [0.2, 0.25) is 5.91 Å². The molecular weight excluding hydrogens is 192 g/mol. The molecule has 15 heavy (non-hydrogen) atoms. The van der Waals surface area contributed by atoms with E-state index in [1.165, 1.54) is 0 Å². The molecule has 0 aromatic rings. The molecule has 1 heterocycles. The van der Waals surface area contributed by atoms with Crippen molar-refractivity contribution in [3.8, 4) is 0 Å². The van der Waals surface area contributed by atoms with Crippen LogP contribution in [-0.4, -0.2) is 40.6 Å². The summed E-state index contributed by atoms with van der Waals surface area (Å²) in [6.07, 6.45) is 1.28. The van der Waals surface area contributed by atoms with E-state index in [9.17, 15) is 9.90 Å². The minimum Gasteiger partial charge on any atom is -0.390 e. The second kappa shape index (κ2) is 4.49. The highest BCUT2D eigenvalue weighted by Crippen LogP contribution is 2.21. The van der Waals surface area contributed by atoms with Crippen LogP contribution in [-0.2, 0) is 4.79 Å². The van der Waals surface area contributed by atoms with E-state index < -0.39 is 11.6 Å². The highest BCUT2D eigenvalue weighted by molar-refractivity contribution is 5.82. The Morgan fingerprint density at radius 1 is 1.40 bits per heavy atom. The van der Waals surface area contributed by atoms with Crippen molar-refractivity contribution in [3.05, 3.63) is 0 Å². The van der Waals surface area contributed by atoms with Crippen molar-refractivity contribution in [2.75, 3.05) is 13.1 Å². The molecule has 4 heteroatoms. The van der Waals surface area contributed by atoms with Crippen LogP contribution in [0.5, 0.6) is 0 Å². The van der Waals surface area contributed by atoms with E-state index in [1.807, 2.05) is 20.8 Å². The van der Waals surface area contributed by atoms with Crippen molar-refractivity contribution in [2.45, 2.75) is 45.3 Å². The Kier molecular flexibility index (Phi) is 3.73. The minimum atomic E-state index is -0.612. The highest BCUT2D eigenvalue weighted by Gasteiger charge is 2.32. The number of likely N-dealkylation sites (tertiary alicyclic amines) is 1. The van der Waals surface area contributed by atoms with Crippen LogP contribution in [0.1, 0.15) is 33.6 Å². The summed E-state index contributed by atoms with van der Waals surface area (Å²) in [5.74, 6) is 0.181. The summed E-state index contributed by atoms with van der Waals surface area (Å²) in [4.78, 5) is 13.6. The molecule has 3 N–H and O–H groups in total. The number of carbonyl (C=O) groups excluding carboxylic acids is 1. The number of rotatable bonds is 2. The first-order chi connectivity index (χ1) is 6.83. The first-order valence-corrected chi connectivity index (χ1v) is 5.60. The Morgan fingerprint density at radius 3 is 2.27 bits per heavy atom. The zero-order valence-corrected chi connectivity index (χ0v) is 9.86. The van der Waals surface area contributed by atoms with Gasteiger partial charge in [-0.15, -0.1) is 0 Å². The molecule has 4 nitrogen and oxygen atoms in total. The molecule has 1 atom stereocenters. The number of aliphatic hydroxyl groups is 1. The number of amides is 1. The number of piperidine rings is 1. The minimum absolute atomic E-state index is 0.0144. The van der Waals surface area contributed by atoms with Crippen molar-refractivity contribution in [1.29, 1.82) is 0 Å². The fourth-order valence-electron chi connectivity index (χ4n) is 1.70. The molecule has 0 unspecified atom stereocenters. The van der Waals surface area contributed by atoms with Crippen LogP contribution < -0.4 is 5.73 Å². The molecule has 0 aromatic heterocycles. The predicted octanol–water partition coefficient (Wildman–Crippen LogP) is 0.343. The third kappa shape index (κ3) is 3.18. The third-order valence-electron chi connectivity index (χ3n) is 3.16. The SMILES string of the molecule is CC(C)[C@H](N)C(=O)N1CCC(C)(O)CC1. The Hall–Kier alpha value is -0.610. The Bertz CT molecular complexity index is 229. The second-order valence-corrected chi connectivity index (χ2v) is 5.09. The van der Waals surface area contributed by atoms with E-state index in [0.29, 0.717) is 25.9 Å². The maximum atomic E-state index is 11.9. The maximum Gasteiger partial charge on any atom is 0.239 e. The quantitative estimate of drug-likeness (QED) is 0.696. The first-order valence-electron chi connectivity index (χ1n) is 5.60. The van der Waals surface area contributed by atoms with E-state index in [2.05, 4.69) is 0 Å². The van der Waals surface area contributed by atoms with Crippen molar-refractivity contribution in [3.63, 3.8) is 0 Å². The van der Waals surface area contributed by atoms with Gasteiger partial charge in [-0.1, -0.05) is 13.8 Å². The predicted molar refractivity (Wildman–Crippen MR) is 59.3 cm³/mol. The summed E-state index contributed by atoms with van der Waals surface area (Å²) >= 11 is 0. The monoisotopic (exact) mass is 214 g/mol. The summed E-state index contributed by atoms with van der Waals surface area (Å²) in [6.45, 7) is 6.95. The van der Waals surface area contributed by atoms with E-state index in [-0.39, 0.29) is 11.8 Å². The van der Waals surface area contributed by atoms with Crippen LogP contribution in [0, 0.1) is 5.92 Å². The number of nitrogens with two attached hydrogens (primary N) is 1. The lowest BCUT2D eigenvalue weighted by molar-refractivity contribution is -0.137. The van der Waals surface area contributed by atoms with E-state index in [0.717, 1.165) is 0 Å². The van der Waals surface area contributed by atoms with Gasteiger partial charge in [0.05, 0.1) is 11.6 Å². The Labute approximate surface area is 91.4 Å². The van der Waals surface area contributed by atoms with Gasteiger partial charge in [0.25, 0.3) is 0 Å². The summed E-state index contributed by atoms with van der Waals surface area (Å²) in [5.41, 5.74) is 5.19. The van der Waals surface area contributed by atoms with Gasteiger partial charge in [-0.25, -0.2) is 0 Å². The van der Waals surface area contributed by atoms with E-state index in [1.54, 1.807) is 4.90 Å². The van der Waals surface area contributed by atoms with Crippen LogP contribution in [0.2, 0.25) is 0 Å². The zero-order chi connectivity index (χ0) is 11.6. The molecule has 0 aromatic carbocycles. The lowest BCUT2D eigenvalue weighted by Crippen LogP contribution is -2.52. The fraction of sp³-hybridized carbons (Fsp3) is 0.909. The standard InChI is InChI=1S/C11H22N2O2/c1-8(2)9(12)10(14)13-6-4-11(3,15)5-7-13/h8-9,15H,4-7,12H2,1-3H3/t9-/m0/s1. The Balaban J connectivity index is 2.50. The third-order valence-corrected chi connectivity index (χ3v) is 3.16. The largest absolute Gasteiger partial charge is 0.390 e. The fourth-order valence-corrected chi connectivity index (χ4v) is 1.70. The van der Waals surface area contributed by atoms with Crippen molar-refractivity contribution >= 4 is 5.91 Å². The number of hydrogen-bond donors (Lipinski definition) is 2. The van der Waals surface area contributed by atoms with Crippen molar-refractivity contribution in [2.24, 2.45) is 11.7 Å². The highest BCUT2D eigenvalue weighted by atomic mass is 16.3. The second-order valence-electron chi connectivity index (χ2n) is 5.09. The lowest BCUT2D eigenvalue weighted by Gasteiger charge is -2.37. The normalized spacial score (nSPS) is 22.9. The van der Waals surface area contributed by atoms with Gasteiger partial charge >= 0.3 is 0 Å².